The molecule has 0 bridgehead atoms. The average molecular weight is 590 g/mol. The number of thiazole rings is 1. The molecule has 2 amide bonds. The molecule has 2 N–H and O–H groups in total. The van der Waals surface area contributed by atoms with E-state index in [-0.39, 0.29) is 28.5 Å². The van der Waals surface area contributed by atoms with Gasteiger partial charge in [0.1, 0.15) is 0 Å². The second-order valence-corrected chi connectivity index (χ2v) is 11.8. The van der Waals surface area contributed by atoms with E-state index in [0.717, 1.165) is 16.1 Å². The molecule has 4 rings (SSSR count). The normalized spacial score (nSPS) is 12.0. The van der Waals surface area contributed by atoms with E-state index in [2.05, 4.69) is 25.8 Å². The van der Waals surface area contributed by atoms with Crippen molar-refractivity contribution in [2.24, 2.45) is 13.0 Å². The summed E-state index contributed by atoms with van der Waals surface area (Å²) in [4.78, 5) is 31.2. The van der Waals surface area contributed by atoms with Crippen molar-refractivity contribution in [3.63, 3.8) is 0 Å². The van der Waals surface area contributed by atoms with Crippen LogP contribution in [0.4, 0.5) is 5.13 Å². The monoisotopic (exact) mass is 588 g/mol. The van der Waals surface area contributed by atoms with E-state index in [4.69, 9.17) is 23.2 Å². The Kier molecular flexibility index (Phi) is 9.09. The quantitative estimate of drug-likeness (QED) is 0.219. The summed E-state index contributed by atoms with van der Waals surface area (Å²) in [5.41, 5.74) is 2.19. The Morgan fingerprint density at radius 2 is 1.84 bits per heavy atom. The van der Waals surface area contributed by atoms with Gasteiger partial charge in [0.15, 0.2) is 16.1 Å². The van der Waals surface area contributed by atoms with Crippen molar-refractivity contribution in [3.8, 4) is 11.3 Å². The smallest absolute Gasteiger partial charge is 0.253 e. The number of aryl methyl sites for hydroxylation is 1. The van der Waals surface area contributed by atoms with Crippen LogP contribution in [0, 0.1) is 12.8 Å². The van der Waals surface area contributed by atoms with Gasteiger partial charge in [-0.1, -0.05) is 79.1 Å². The molecule has 0 radical (unpaired) electrons. The number of anilines is 1. The zero-order valence-corrected chi connectivity index (χ0v) is 24.3. The van der Waals surface area contributed by atoms with Gasteiger partial charge in [-0.15, -0.1) is 21.5 Å². The molecule has 198 valence electrons. The van der Waals surface area contributed by atoms with Crippen molar-refractivity contribution < 1.29 is 9.59 Å². The number of thioether (sulfide) groups is 1. The van der Waals surface area contributed by atoms with E-state index in [0.29, 0.717) is 26.7 Å². The Morgan fingerprint density at radius 1 is 1.11 bits per heavy atom. The van der Waals surface area contributed by atoms with Crippen molar-refractivity contribution in [2.45, 2.75) is 32.0 Å². The molecule has 38 heavy (non-hydrogen) atoms. The summed E-state index contributed by atoms with van der Waals surface area (Å²) in [6.07, 6.45) is 0. The van der Waals surface area contributed by atoms with Crippen LogP contribution in [0.5, 0.6) is 0 Å². The van der Waals surface area contributed by atoms with Gasteiger partial charge in [0.05, 0.1) is 28.1 Å². The summed E-state index contributed by atoms with van der Waals surface area (Å²) >= 11 is 14.9. The van der Waals surface area contributed by atoms with Crippen LogP contribution in [-0.4, -0.2) is 37.3 Å². The lowest BCUT2D eigenvalue weighted by Crippen LogP contribution is -2.33. The second-order valence-electron chi connectivity index (χ2n) is 8.85. The molecule has 4 aromatic rings. The van der Waals surface area contributed by atoms with Crippen LogP contribution in [0.2, 0.25) is 10.0 Å². The Labute approximate surface area is 239 Å². The van der Waals surface area contributed by atoms with Gasteiger partial charge in [0, 0.05) is 22.5 Å². The summed E-state index contributed by atoms with van der Waals surface area (Å²) in [6.45, 7) is 5.93. The second kappa shape index (κ2) is 12.3. The van der Waals surface area contributed by atoms with Gasteiger partial charge in [-0.2, -0.15) is 0 Å². The van der Waals surface area contributed by atoms with Crippen LogP contribution in [0.1, 0.15) is 40.9 Å². The number of amides is 2. The molecule has 0 aliphatic rings. The minimum absolute atomic E-state index is 0.0148. The number of carbonyl (C=O) groups is 2. The molecule has 2 heterocycles. The molecule has 12 heteroatoms. The molecular weight excluding hydrogens is 563 g/mol. The lowest BCUT2D eigenvalue weighted by atomic mass is 10.0. The number of hydrogen-bond acceptors (Lipinski definition) is 7. The number of benzene rings is 2. The lowest BCUT2D eigenvalue weighted by molar-refractivity contribution is -0.113. The zero-order valence-electron chi connectivity index (χ0n) is 21.2. The zero-order chi connectivity index (χ0) is 27.4. The van der Waals surface area contributed by atoms with Crippen LogP contribution in [0.15, 0.2) is 53.7 Å². The number of halogens is 2. The van der Waals surface area contributed by atoms with Crippen LogP contribution >= 0.6 is 46.3 Å². The first-order chi connectivity index (χ1) is 18.1. The maximum absolute atomic E-state index is 12.9. The van der Waals surface area contributed by atoms with E-state index in [1.165, 1.54) is 29.2 Å². The van der Waals surface area contributed by atoms with Gasteiger partial charge >= 0.3 is 0 Å². The average Bonchev–Trinajstić information content (AvgIpc) is 3.42. The maximum Gasteiger partial charge on any atom is 0.253 e. The lowest BCUT2D eigenvalue weighted by Gasteiger charge is -2.22. The molecule has 1 atom stereocenters. The van der Waals surface area contributed by atoms with Crippen LogP contribution in [0.25, 0.3) is 11.3 Å². The topological polar surface area (TPSA) is 102 Å². The third-order valence-electron chi connectivity index (χ3n) is 5.70. The van der Waals surface area contributed by atoms with E-state index >= 15 is 0 Å². The van der Waals surface area contributed by atoms with Gasteiger partial charge in [0.25, 0.3) is 5.91 Å². The molecule has 2 aromatic heterocycles. The Hall–Kier alpha value is -2.92. The van der Waals surface area contributed by atoms with Gasteiger partial charge in [-0.3, -0.25) is 9.59 Å². The van der Waals surface area contributed by atoms with E-state index in [9.17, 15) is 9.59 Å². The van der Waals surface area contributed by atoms with E-state index < -0.39 is 6.04 Å². The number of aromatic nitrogens is 4. The predicted octanol–water partition coefficient (Wildman–Crippen LogP) is 6.41. The molecule has 0 spiro atoms. The number of hydrogen-bond donors (Lipinski definition) is 2. The highest BCUT2D eigenvalue weighted by Crippen LogP contribution is 2.31. The molecule has 0 saturated heterocycles. The molecule has 0 saturated carbocycles. The van der Waals surface area contributed by atoms with Crippen LogP contribution < -0.4 is 10.6 Å². The van der Waals surface area contributed by atoms with Crippen molar-refractivity contribution >= 4 is 63.2 Å². The summed E-state index contributed by atoms with van der Waals surface area (Å²) < 4.78 is 1.79. The fraction of sp³-hybridized carbons (Fsp3) is 0.269. The third-order valence-corrected chi connectivity index (χ3v) is 8.15. The first-order valence-corrected chi connectivity index (χ1v) is 14.3. The Bertz CT molecular complexity index is 1460. The van der Waals surface area contributed by atoms with E-state index in [1.807, 2.05) is 58.2 Å². The number of nitrogens with one attached hydrogen (secondary N) is 2. The summed E-state index contributed by atoms with van der Waals surface area (Å²) in [5.74, 6) is 0.185. The predicted molar refractivity (Wildman–Crippen MR) is 154 cm³/mol. The fourth-order valence-corrected chi connectivity index (χ4v) is 5.81. The van der Waals surface area contributed by atoms with Gasteiger partial charge in [-0.25, -0.2) is 4.98 Å². The van der Waals surface area contributed by atoms with E-state index in [1.54, 1.807) is 16.7 Å². The molecule has 0 aliphatic heterocycles. The maximum atomic E-state index is 12.9. The minimum atomic E-state index is -0.426. The molecule has 8 nitrogen and oxygen atoms in total. The van der Waals surface area contributed by atoms with Gasteiger partial charge < -0.3 is 15.2 Å². The first-order valence-electron chi connectivity index (χ1n) is 11.7. The Morgan fingerprint density at radius 3 is 2.53 bits per heavy atom. The highest BCUT2D eigenvalue weighted by atomic mass is 35.5. The van der Waals surface area contributed by atoms with Gasteiger partial charge in [0.2, 0.25) is 5.91 Å². The van der Waals surface area contributed by atoms with Crippen molar-refractivity contribution in [2.75, 3.05) is 11.1 Å². The fourth-order valence-electron chi connectivity index (χ4n) is 3.74. The SMILES string of the molecule is Cc1sc(NC(=O)CSc2nnc([C@@H](NC(=O)c3ccc(Cl)cc3Cl)C(C)C)n2C)nc1-c1ccccc1. The number of rotatable bonds is 9. The van der Waals surface area contributed by atoms with Crippen molar-refractivity contribution in [3.05, 3.63) is 74.8 Å². The summed E-state index contributed by atoms with van der Waals surface area (Å²) in [5, 5.41) is 16.3. The molecule has 0 aliphatic carbocycles. The first kappa shape index (κ1) is 28.1. The highest BCUT2D eigenvalue weighted by Gasteiger charge is 2.26. The summed E-state index contributed by atoms with van der Waals surface area (Å²) in [7, 11) is 1.81. The molecule has 0 fully saturated rings. The van der Waals surface area contributed by atoms with Gasteiger partial charge in [-0.05, 0) is 31.0 Å². The highest BCUT2D eigenvalue weighted by molar-refractivity contribution is 7.99. The standard InChI is InChI=1S/C26H26Cl2N6O2S2/c1-14(2)21(30-24(36)18-11-10-17(27)12-19(18)28)23-32-33-26(34(23)4)37-13-20(35)29-25-31-22(15(3)38-25)16-8-6-5-7-9-16/h5-12,14,21H,13H2,1-4H3,(H,30,36)(H,29,31,35)/t21-/m0/s1. The Balaban J connectivity index is 1.40. The third kappa shape index (κ3) is 6.55. The molecule has 2 aromatic carbocycles. The van der Waals surface area contributed by atoms with Crippen LogP contribution in [0.3, 0.4) is 0 Å². The molecular formula is C26H26Cl2N6O2S2. The number of carbonyl (C=O) groups excluding carboxylic acids is 2. The summed E-state index contributed by atoms with van der Waals surface area (Å²) in [6, 6.07) is 14.2. The molecule has 0 unspecified atom stereocenters. The van der Waals surface area contributed by atoms with Crippen LogP contribution in [-0.2, 0) is 11.8 Å². The largest absolute Gasteiger partial charge is 0.342 e. The van der Waals surface area contributed by atoms with Crippen molar-refractivity contribution in [1.29, 1.82) is 0 Å². The van der Waals surface area contributed by atoms with Crippen molar-refractivity contribution in [1.82, 2.24) is 25.1 Å². The minimum Gasteiger partial charge on any atom is -0.342 e. The number of nitrogens with zero attached hydrogens (tertiary/aromatic N) is 4.